The molecule has 18 heavy (non-hydrogen) atoms. The van der Waals surface area contributed by atoms with Gasteiger partial charge in [0.2, 0.25) is 0 Å². The Morgan fingerprint density at radius 3 is 2.78 bits per heavy atom. The average molecular weight is 244 g/mol. The van der Waals surface area contributed by atoms with E-state index in [1.54, 1.807) is 12.1 Å². The van der Waals surface area contributed by atoms with Gasteiger partial charge in [0.25, 0.3) is 5.56 Å². The van der Waals surface area contributed by atoms with Gasteiger partial charge in [0.15, 0.2) is 0 Å². The zero-order chi connectivity index (χ0) is 12.5. The lowest BCUT2D eigenvalue weighted by atomic mass is 10.2. The summed E-state index contributed by atoms with van der Waals surface area (Å²) in [7, 11) is 0. The van der Waals surface area contributed by atoms with Gasteiger partial charge in [0, 0.05) is 18.5 Å². The number of pyridine rings is 1. The van der Waals surface area contributed by atoms with Crippen molar-refractivity contribution in [2.75, 3.05) is 31.2 Å². The number of rotatable bonds is 1. The third-order valence-corrected chi connectivity index (χ3v) is 3.18. The van der Waals surface area contributed by atoms with Crippen molar-refractivity contribution < 1.29 is 4.74 Å². The van der Waals surface area contributed by atoms with Gasteiger partial charge < -0.3 is 20.4 Å². The van der Waals surface area contributed by atoms with E-state index in [0.29, 0.717) is 30.1 Å². The number of ether oxygens (including phenoxy) is 1. The van der Waals surface area contributed by atoms with Crippen molar-refractivity contribution in [3.05, 3.63) is 34.6 Å². The van der Waals surface area contributed by atoms with E-state index in [0.717, 1.165) is 18.5 Å². The Morgan fingerprint density at radius 1 is 1.22 bits per heavy atom. The maximum absolute atomic E-state index is 12.0. The maximum Gasteiger partial charge on any atom is 0.271 e. The van der Waals surface area contributed by atoms with E-state index in [2.05, 4.69) is 4.98 Å². The lowest BCUT2D eigenvalue weighted by Crippen LogP contribution is -2.39. The van der Waals surface area contributed by atoms with Crippen LogP contribution in [-0.4, -0.2) is 31.3 Å². The van der Waals surface area contributed by atoms with Gasteiger partial charge in [0.05, 0.1) is 24.4 Å². The van der Waals surface area contributed by atoms with Crippen molar-refractivity contribution in [1.29, 1.82) is 0 Å². The Morgan fingerprint density at radius 2 is 2.00 bits per heavy atom. The van der Waals surface area contributed by atoms with Gasteiger partial charge in [-0.1, -0.05) is 6.07 Å². The summed E-state index contributed by atoms with van der Waals surface area (Å²) in [6, 6.07) is 7.14. The van der Waals surface area contributed by atoms with E-state index < -0.39 is 0 Å². The highest BCUT2D eigenvalue weighted by molar-refractivity contribution is 5.84. The predicted molar refractivity (Wildman–Crippen MR) is 70.4 cm³/mol. The summed E-state index contributed by atoms with van der Waals surface area (Å²) < 4.78 is 5.29. The highest BCUT2D eigenvalue weighted by Gasteiger charge is 2.14. The van der Waals surface area contributed by atoms with Gasteiger partial charge in [-0.2, -0.15) is 0 Å². The first kappa shape index (κ1) is 11.1. The molecule has 2 aromatic rings. The summed E-state index contributed by atoms with van der Waals surface area (Å²) in [5, 5.41) is 0.951. The van der Waals surface area contributed by atoms with Crippen LogP contribution in [0.3, 0.4) is 0 Å². The number of anilines is 1. The van der Waals surface area contributed by atoms with Crippen LogP contribution < -0.4 is 16.2 Å². The molecule has 2 N–H and O–H groups in total. The fraction of sp³-hybridized carbons (Fsp3) is 0.308. The number of nitrogens with zero attached hydrogens (tertiary/aromatic N) is 1. The van der Waals surface area contributed by atoms with Gasteiger partial charge >= 0.3 is 0 Å². The van der Waals surface area contributed by atoms with Crippen LogP contribution >= 0.6 is 0 Å². The fourth-order valence-corrected chi connectivity index (χ4v) is 2.23. The highest BCUT2D eigenvalue weighted by atomic mass is 16.5. The Bertz CT molecular complexity index is 630. The minimum absolute atomic E-state index is 0.102. The molecule has 0 amide bonds. The quantitative estimate of drug-likeness (QED) is 0.821. The molecular weight excluding hydrogens is 230 g/mol. The van der Waals surface area contributed by atoms with E-state index >= 15 is 0 Å². The van der Waals surface area contributed by atoms with E-state index in [1.165, 1.54) is 0 Å². The zero-order valence-electron chi connectivity index (χ0n) is 9.90. The highest BCUT2D eigenvalue weighted by Crippen LogP contribution is 2.19. The van der Waals surface area contributed by atoms with Crippen LogP contribution in [0.15, 0.2) is 29.1 Å². The molecule has 5 nitrogen and oxygen atoms in total. The van der Waals surface area contributed by atoms with Crippen molar-refractivity contribution >= 4 is 22.3 Å². The molecule has 93 valence electrons. The normalized spacial score (nSPS) is 16.1. The Balaban J connectivity index is 2.09. The number of H-pyrrole nitrogens is 1. The van der Waals surface area contributed by atoms with Crippen LogP contribution in [-0.2, 0) is 4.74 Å². The summed E-state index contributed by atoms with van der Waals surface area (Å²) >= 11 is 0. The van der Waals surface area contributed by atoms with E-state index in [-0.39, 0.29) is 5.56 Å². The second kappa shape index (κ2) is 4.34. The van der Waals surface area contributed by atoms with Crippen LogP contribution in [0.4, 0.5) is 11.4 Å². The Labute approximate surface area is 104 Å². The molecule has 5 heteroatoms. The van der Waals surface area contributed by atoms with Crippen molar-refractivity contribution in [2.45, 2.75) is 0 Å². The molecule has 0 saturated carbocycles. The number of benzene rings is 1. The second-order valence-electron chi connectivity index (χ2n) is 4.39. The minimum Gasteiger partial charge on any atom is -0.378 e. The lowest BCUT2D eigenvalue weighted by Gasteiger charge is -2.28. The molecule has 0 atom stereocenters. The number of fused-ring (bicyclic) bond motifs is 1. The maximum atomic E-state index is 12.0. The third-order valence-electron chi connectivity index (χ3n) is 3.18. The van der Waals surface area contributed by atoms with Crippen molar-refractivity contribution in [3.63, 3.8) is 0 Å². The first-order valence-electron chi connectivity index (χ1n) is 5.95. The molecule has 0 unspecified atom stereocenters. The molecule has 3 rings (SSSR count). The lowest BCUT2D eigenvalue weighted by molar-refractivity contribution is 0.122. The standard InChI is InChI=1S/C13H14N3O2/c14-10-2-1-9-7-12(13(17)15-11(9)8-10)16-3-5-18-6-4-16/h1-2,7-8,14H,3-6H2,(H,15,17). The SMILES string of the molecule is [NH]c1ccc2cc(N3CCOCC3)c(=O)[nH]c2c1. The van der Waals surface area contributed by atoms with E-state index in [9.17, 15) is 4.79 Å². The predicted octanol–water partition coefficient (Wildman–Crippen LogP) is 1.28. The minimum atomic E-state index is -0.102. The topological polar surface area (TPSA) is 69.1 Å². The summed E-state index contributed by atoms with van der Waals surface area (Å²) in [6.07, 6.45) is 0. The van der Waals surface area contributed by atoms with Crippen LogP contribution in [0.1, 0.15) is 0 Å². The van der Waals surface area contributed by atoms with E-state index in [1.807, 2.05) is 17.0 Å². The fourth-order valence-electron chi connectivity index (χ4n) is 2.23. The van der Waals surface area contributed by atoms with Crippen molar-refractivity contribution in [3.8, 4) is 0 Å². The molecule has 1 aliphatic heterocycles. The van der Waals surface area contributed by atoms with Gasteiger partial charge in [0.1, 0.15) is 5.69 Å². The molecule has 1 fully saturated rings. The van der Waals surface area contributed by atoms with Gasteiger partial charge in [-0.15, -0.1) is 0 Å². The largest absolute Gasteiger partial charge is 0.378 e. The van der Waals surface area contributed by atoms with Crippen LogP contribution in [0, 0.1) is 0 Å². The number of aromatic amines is 1. The smallest absolute Gasteiger partial charge is 0.271 e. The molecule has 0 aliphatic carbocycles. The average Bonchev–Trinajstić information content (AvgIpc) is 2.39. The van der Waals surface area contributed by atoms with Gasteiger partial charge in [-0.3, -0.25) is 4.79 Å². The molecule has 0 spiro atoms. The molecule has 1 radical (unpaired) electrons. The first-order valence-corrected chi connectivity index (χ1v) is 5.95. The second-order valence-corrected chi connectivity index (χ2v) is 4.39. The molecule has 1 aromatic carbocycles. The summed E-state index contributed by atoms with van der Waals surface area (Å²) in [5.74, 6) is 0. The molecule has 2 heterocycles. The summed E-state index contributed by atoms with van der Waals surface area (Å²) in [4.78, 5) is 16.9. The molecule has 1 aliphatic rings. The van der Waals surface area contributed by atoms with Gasteiger partial charge in [-0.25, -0.2) is 0 Å². The van der Waals surface area contributed by atoms with Crippen LogP contribution in [0.5, 0.6) is 0 Å². The summed E-state index contributed by atoms with van der Waals surface area (Å²) in [6.45, 7) is 2.79. The number of hydrogen-bond acceptors (Lipinski definition) is 3. The van der Waals surface area contributed by atoms with Crippen LogP contribution in [0.2, 0.25) is 0 Å². The third kappa shape index (κ3) is 1.93. The Hall–Kier alpha value is -2.01. The number of aromatic nitrogens is 1. The van der Waals surface area contributed by atoms with Crippen LogP contribution in [0.25, 0.3) is 10.9 Å². The monoisotopic (exact) mass is 244 g/mol. The number of nitrogens with one attached hydrogen (secondary N) is 2. The number of hydrogen-bond donors (Lipinski definition) is 1. The van der Waals surface area contributed by atoms with Gasteiger partial charge in [-0.05, 0) is 18.2 Å². The first-order chi connectivity index (χ1) is 8.74. The molecule has 0 bridgehead atoms. The Kier molecular flexibility index (Phi) is 2.68. The van der Waals surface area contributed by atoms with Crippen molar-refractivity contribution in [2.24, 2.45) is 0 Å². The van der Waals surface area contributed by atoms with Crippen molar-refractivity contribution in [1.82, 2.24) is 10.7 Å². The molecule has 1 saturated heterocycles. The summed E-state index contributed by atoms with van der Waals surface area (Å²) in [5.41, 5.74) is 9.24. The molecule has 1 aromatic heterocycles. The zero-order valence-corrected chi connectivity index (χ0v) is 9.90. The number of morpholine rings is 1. The van der Waals surface area contributed by atoms with E-state index in [4.69, 9.17) is 10.5 Å². The molecular formula is C13H14N3O2.